The molecular formula is C4H9BN2O. The molecule has 0 aromatic carbocycles. The Kier molecular flexibility index (Phi) is 2.76. The number of hydrogen-bond donors (Lipinski definition) is 2. The lowest BCUT2D eigenvalue weighted by atomic mass is 10.1. The molecule has 0 fully saturated rings. The number of nitrogens with two attached hydrogens (primary N) is 1. The topological polar surface area (TPSA) is 55.1 Å². The SMILES string of the molecule is B/C=C(\N)C(=O)NC. The highest BCUT2D eigenvalue weighted by Crippen LogP contribution is 1.76. The van der Waals surface area contributed by atoms with E-state index in [-0.39, 0.29) is 11.6 Å². The zero-order chi connectivity index (χ0) is 6.57. The summed E-state index contributed by atoms with van der Waals surface area (Å²) in [4.78, 5) is 10.4. The lowest BCUT2D eigenvalue weighted by molar-refractivity contribution is -0.117. The summed E-state index contributed by atoms with van der Waals surface area (Å²) in [6.45, 7) is 0. The highest BCUT2D eigenvalue weighted by atomic mass is 16.1. The average molecular weight is 112 g/mol. The summed E-state index contributed by atoms with van der Waals surface area (Å²) < 4.78 is 0. The zero-order valence-electron chi connectivity index (χ0n) is 5.06. The Morgan fingerprint density at radius 2 is 2.38 bits per heavy atom. The largest absolute Gasteiger partial charge is 0.395 e. The Balaban J connectivity index is 3.83. The monoisotopic (exact) mass is 112 g/mol. The summed E-state index contributed by atoms with van der Waals surface area (Å²) >= 11 is 0. The summed E-state index contributed by atoms with van der Waals surface area (Å²) in [5, 5.41) is 2.38. The minimum absolute atomic E-state index is 0.229. The standard InChI is InChI=1S/C4H9BN2O/c1-7-4(8)3(6)2-5/h2H,5-6H2,1H3,(H,7,8)/b3-2-. The van der Waals surface area contributed by atoms with Crippen molar-refractivity contribution in [3.63, 3.8) is 0 Å². The molecule has 1 amide bonds. The van der Waals surface area contributed by atoms with Crippen molar-refractivity contribution in [3.8, 4) is 0 Å². The van der Waals surface area contributed by atoms with Crippen LogP contribution in [0.2, 0.25) is 0 Å². The van der Waals surface area contributed by atoms with E-state index in [9.17, 15) is 4.79 Å². The first-order valence-corrected chi connectivity index (χ1v) is 2.36. The second-order valence-electron chi connectivity index (χ2n) is 1.32. The van der Waals surface area contributed by atoms with Crippen LogP contribution in [0.4, 0.5) is 0 Å². The Hall–Kier alpha value is -0.925. The maximum absolute atomic E-state index is 10.4. The van der Waals surface area contributed by atoms with Gasteiger partial charge in [0.1, 0.15) is 7.85 Å². The van der Waals surface area contributed by atoms with Crippen LogP contribution in [-0.2, 0) is 4.79 Å². The van der Waals surface area contributed by atoms with Gasteiger partial charge in [0.15, 0.2) is 0 Å². The van der Waals surface area contributed by atoms with E-state index in [1.54, 1.807) is 20.9 Å². The van der Waals surface area contributed by atoms with Crippen molar-refractivity contribution in [2.75, 3.05) is 7.05 Å². The fourth-order valence-corrected chi connectivity index (χ4v) is 0.275. The van der Waals surface area contributed by atoms with Gasteiger partial charge in [-0.05, 0) is 0 Å². The number of amides is 1. The molecule has 0 radical (unpaired) electrons. The maximum atomic E-state index is 10.4. The fourth-order valence-electron chi connectivity index (χ4n) is 0.275. The Bertz CT molecular complexity index is 121. The molecule has 0 saturated heterocycles. The van der Waals surface area contributed by atoms with Gasteiger partial charge in [-0.25, -0.2) is 0 Å². The van der Waals surface area contributed by atoms with E-state index in [2.05, 4.69) is 5.32 Å². The minimum atomic E-state index is -0.229. The van der Waals surface area contributed by atoms with Crippen molar-refractivity contribution in [1.29, 1.82) is 0 Å². The van der Waals surface area contributed by atoms with E-state index in [1.165, 1.54) is 0 Å². The highest BCUT2D eigenvalue weighted by molar-refractivity contribution is 6.20. The fraction of sp³-hybridized carbons (Fsp3) is 0.250. The van der Waals surface area contributed by atoms with Crippen LogP contribution in [0.25, 0.3) is 0 Å². The molecule has 0 aromatic rings. The second kappa shape index (κ2) is 3.13. The van der Waals surface area contributed by atoms with Crippen LogP contribution < -0.4 is 11.1 Å². The molecule has 3 nitrogen and oxygen atoms in total. The quantitative estimate of drug-likeness (QED) is 0.309. The summed E-state index contributed by atoms with van der Waals surface area (Å²) in [7, 11) is 3.25. The lowest BCUT2D eigenvalue weighted by Crippen LogP contribution is -2.24. The van der Waals surface area contributed by atoms with Gasteiger partial charge in [0, 0.05) is 7.05 Å². The third-order valence-corrected chi connectivity index (χ3v) is 0.800. The number of hydrogen-bond acceptors (Lipinski definition) is 2. The molecule has 0 aliphatic rings. The van der Waals surface area contributed by atoms with E-state index in [0.717, 1.165) is 0 Å². The van der Waals surface area contributed by atoms with Gasteiger partial charge in [-0.1, -0.05) is 5.98 Å². The van der Waals surface area contributed by atoms with Gasteiger partial charge in [0.05, 0.1) is 5.70 Å². The first-order chi connectivity index (χ1) is 3.72. The second-order valence-corrected chi connectivity index (χ2v) is 1.32. The predicted octanol–water partition coefficient (Wildman–Crippen LogP) is -1.83. The van der Waals surface area contributed by atoms with Gasteiger partial charge in [-0.15, -0.1) is 0 Å². The summed E-state index contributed by atoms with van der Waals surface area (Å²) in [6.07, 6.45) is 0. The molecule has 0 spiro atoms. The number of rotatable bonds is 1. The van der Waals surface area contributed by atoms with Crippen LogP contribution in [0, 0.1) is 0 Å². The molecule has 0 heterocycles. The molecule has 0 rings (SSSR count). The first kappa shape index (κ1) is 7.07. The number of carbonyl (C=O) groups excluding carboxylic acids is 1. The molecule has 0 aliphatic carbocycles. The van der Waals surface area contributed by atoms with Gasteiger partial charge in [-0.3, -0.25) is 4.79 Å². The molecule has 0 unspecified atom stereocenters. The van der Waals surface area contributed by atoms with E-state index >= 15 is 0 Å². The molecule has 4 heteroatoms. The van der Waals surface area contributed by atoms with Crippen molar-refractivity contribution in [2.24, 2.45) is 5.73 Å². The van der Waals surface area contributed by atoms with Gasteiger partial charge in [0.2, 0.25) is 0 Å². The number of carbonyl (C=O) groups is 1. The maximum Gasteiger partial charge on any atom is 0.265 e. The van der Waals surface area contributed by atoms with Crippen molar-refractivity contribution in [1.82, 2.24) is 5.32 Å². The average Bonchev–Trinajstić information content (AvgIpc) is 1.84. The van der Waals surface area contributed by atoms with E-state index in [1.807, 2.05) is 0 Å². The molecule has 3 N–H and O–H groups in total. The molecule has 0 aliphatic heterocycles. The summed E-state index contributed by atoms with van der Waals surface area (Å²) in [5.41, 5.74) is 5.43. The van der Waals surface area contributed by atoms with E-state index in [0.29, 0.717) is 0 Å². The van der Waals surface area contributed by atoms with Crippen molar-refractivity contribution in [2.45, 2.75) is 0 Å². The smallest absolute Gasteiger partial charge is 0.265 e. The summed E-state index contributed by atoms with van der Waals surface area (Å²) in [5.74, 6) is 1.33. The van der Waals surface area contributed by atoms with Crippen LogP contribution in [0.1, 0.15) is 0 Å². The van der Waals surface area contributed by atoms with Crippen molar-refractivity contribution < 1.29 is 4.79 Å². The Labute approximate surface area is 49.3 Å². The van der Waals surface area contributed by atoms with Gasteiger partial charge >= 0.3 is 0 Å². The van der Waals surface area contributed by atoms with E-state index < -0.39 is 0 Å². The molecule has 44 valence electrons. The predicted molar refractivity (Wildman–Crippen MR) is 34.9 cm³/mol. The molecular weight excluding hydrogens is 103 g/mol. The number of likely N-dealkylation sites (N-methyl/N-ethyl adjacent to an activating group) is 1. The molecule has 0 aromatic heterocycles. The first-order valence-electron chi connectivity index (χ1n) is 2.36. The van der Waals surface area contributed by atoms with Crippen LogP contribution in [0.15, 0.2) is 11.7 Å². The van der Waals surface area contributed by atoms with Gasteiger partial charge in [-0.2, -0.15) is 0 Å². The third-order valence-electron chi connectivity index (χ3n) is 0.800. The zero-order valence-corrected chi connectivity index (χ0v) is 5.06. The van der Waals surface area contributed by atoms with Gasteiger partial charge in [0.25, 0.3) is 5.91 Å². The lowest BCUT2D eigenvalue weighted by Gasteiger charge is -1.94. The third kappa shape index (κ3) is 1.68. The van der Waals surface area contributed by atoms with Crippen LogP contribution in [0.3, 0.4) is 0 Å². The van der Waals surface area contributed by atoms with Crippen molar-refractivity contribution >= 4 is 13.8 Å². The highest BCUT2D eigenvalue weighted by Gasteiger charge is 1.95. The minimum Gasteiger partial charge on any atom is -0.395 e. The summed E-state index contributed by atoms with van der Waals surface area (Å²) in [6, 6.07) is 0. The molecule has 8 heavy (non-hydrogen) atoms. The number of nitrogens with one attached hydrogen (secondary N) is 1. The molecule has 0 atom stereocenters. The van der Waals surface area contributed by atoms with Gasteiger partial charge < -0.3 is 11.1 Å². The van der Waals surface area contributed by atoms with Crippen LogP contribution in [-0.4, -0.2) is 20.8 Å². The van der Waals surface area contributed by atoms with Crippen LogP contribution in [0.5, 0.6) is 0 Å². The Morgan fingerprint density at radius 1 is 1.88 bits per heavy atom. The molecule has 0 bridgehead atoms. The van der Waals surface area contributed by atoms with Crippen LogP contribution >= 0.6 is 0 Å². The van der Waals surface area contributed by atoms with E-state index in [4.69, 9.17) is 5.73 Å². The normalized spacial score (nSPS) is 10.9. The molecule has 0 saturated carbocycles. The van der Waals surface area contributed by atoms with Crippen molar-refractivity contribution in [3.05, 3.63) is 11.7 Å². The Morgan fingerprint density at radius 3 is 2.50 bits per heavy atom.